The minimum absolute atomic E-state index is 0.311. The molecule has 0 aromatic carbocycles. The second-order valence-corrected chi connectivity index (χ2v) is 7.67. The van der Waals surface area contributed by atoms with Gasteiger partial charge in [-0.25, -0.2) is 0 Å². The Kier molecular flexibility index (Phi) is 6.78. The van der Waals surface area contributed by atoms with Gasteiger partial charge in [-0.3, -0.25) is 10.6 Å². The molecule has 0 aliphatic carbocycles. The van der Waals surface area contributed by atoms with Crippen molar-refractivity contribution in [1.29, 1.82) is 0 Å². The van der Waals surface area contributed by atoms with Crippen LogP contribution in [0.1, 0.15) is 48.5 Å². The van der Waals surface area contributed by atoms with Crippen molar-refractivity contribution < 1.29 is 0 Å². The van der Waals surface area contributed by atoms with Gasteiger partial charge in [0.1, 0.15) is 6.29 Å². The Morgan fingerprint density at radius 1 is 1.00 bits per heavy atom. The van der Waals surface area contributed by atoms with E-state index in [1.165, 1.54) is 0 Å². The summed E-state index contributed by atoms with van der Waals surface area (Å²) in [4.78, 5) is 0. The highest BCUT2D eigenvalue weighted by Crippen LogP contribution is 2.14. The van der Waals surface area contributed by atoms with Gasteiger partial charge in [0, 0.05) is 12.1 Å². The molecule has 0 amide bonds. The first-order valence-corrected chi connectivity index (χ1v) is 7.23. The van der Waals surface area contributed by atoms with Crippen molar-refractivity contribution in [3.63, 3.8) is 0 Å². The van der Waals surface area contributed by atoms with Crippen molar-refractivity contribution in [2.45, 2.75) is 66.8 Å². The van der Waals surface area contributed by atoms with E-state index in [0.717, 1.165) is 16.9 Å². The Labute approximate surface area is 105 Å². The molecular weight excluding hydrogens is 214 g/mol. The van der Waals surface area contributed by atoms with Gasteiger partial charge in [-0.1, -0.05) is 20.8 Å². The van der Waals surface area contributed by atoms with Crippen LogP contribution in [0.2, 0.25) is 0 Å². The second-order valence-electron chi connectivity index (χ2n) is 6.52. The third-order valence-electron chi connectivity index (χ3n) is 2.15. The summed E-state index contributed by atoms with van der Waals surface area (Å²) < 4.78 is 2.49. The maximum Gasteiger partial charge on any atom is 0.108 e. The third kappa shape index (κ3) is 8.27. The highest BCUT2D eigenvalue weighted by atomic mass is 28.2. The molecule has 0 aliphatic heterocycles. The molecular formula is C12H31N3Si. The zero-order chi connectivity index (χ0) is 12.9. The van der Waals surface area contributed by atoms with Gasteiger partial charge in [0.25, 0.3) is 0 Å². The lowest BCUT2D eigenvalue weighted by Crippen LogP contribution is -2.59. The molecule has 0 rings (SSSR count). The molecule has 0 saturated heterocycles. The molecule has 0 atom stereocenters. The lowest BCUT2D eigenvalue weighted by molar-refractivity contribution is 0.166. The van der Waals surface area contributed by atoms with Crippen molar-refractivity contribution in [2.75, 3.05) is 6.54 Å². The van der Waals surface area contributed by atoms with Crippen LogP contribution in [-0.2, 0) is 0 Å². The topological polar surface area (TPSA) is 27.3 Å². The number of nitrogens with one attached hydrogen (secondary N) is 2. The van der Waals surface area contributed by atoms with E-state index < -0.39 is 0 Å². The highest BCUT2D eigenvalue weighted by Gasteiger charge is 2.20. The zero-order valence-electron chi connectivity index (χ0n) is 12.4. The van der Waals surface area contributed by atoms with Crippen LogP contribution in [0.3, 0.4) is 0 Å². The summed E-state index contributed by atoms with van der Waals surface area (Å²) in [6, 6.07) is 1.01. The van der Waals surface area contributed by atoms with Gasteiger partial charge in [-0.15, -0.1) is 0 Å². The normalized spacial score (nSPS) is 13.7. The van der Waals surface area contributed by atoms with Crippen LogP contribution < -0.4 is 10.6 Å². The van der Waals surface area contributed by atoms with Crippen molar-refractivity contribution in [2.24, 2.45) is 5.41 Å². The van der Waals surface area contributed by atoms with Crippen LogP contribution in [0, 0.1) is 5.41 Å². The fourth-order valence-corrected chi connectivity index (χ4v) is 3.02. The molecule has 0 heterocycles. The lowest BCUT2D eigenvalue weighted by Gasteiger charge is -2.37. The molecule has 0 radical (unpaired) electrons. The Hall–Kier alpha value is 0.0969. The maximum absolute atomic E-state index is 3.58. The standard InChI is InChI=1S/C12H31N3Si/c1-9(2)13-11(14-10(3)4)15(16)8-12(5,6)7/h9-11,13-14H,8H2,1-7,16H3. The second kappa shape index (κ2) is 6.74. The molecule has 2 N–H and O–H groups in total. The van der Waals surface area contributed by atoms with E-state index in [4.69, 9.17) is 0 Å². The Morgan fingerprint density at radius 3 is 1.62 bits per heavy atom. The molecule has 0 fully saturated rings. The van der Waals surface area contributed by atoms with E-state index in [9.17, 15) is 0 Å². The first kappa shape index (κ1) is 16.1. The predicted octanol–water partition coefficient (Wildman–Crippen LogP) is 0.894. The van der Waals surface area contributed by atoms with Crippen molar-refractivity contribution >= 4 is 10.4 Å². The summed E-state index contributed by atoms with van der Waals surface area (Å²) in [5, 5.41) is 7.17. The lowest BCUT2D eigenvalue weighted by atomic mass is 9.97. The van der Waals surface area contributed by atoms with E-state index in [1.807, 2.05) is 0 Å². The smallest absolute Gasteiger partial charge is 0.108 e. The minimum atomic E-state index is 0.311. The molecule has 0 aromatic rings. The first-order valence-electron chi connectivity index (χ1n) is 6.34. The molecule has 0 unspecified atom stereocenters. The van der Waals surface area contributed by atoms with Crippen LogP contribution in [0.25, 0.3) is 0 Å². The molecule has 4 heteroatoms. The van der Waals surface area contributed by atoms with Gasteiger partial charge in [0.2, 0.25) is 0 Å². The SMILES string of the molecule is CC(C)NC(NC(C)C)N([SiH3])CC(C)(C)C. The Balaban J connectivity index is 4.37. The maximum atomic E-state index is 3.58. The number of rotatable bonds is 6. The summed E-state index contributed by atoms with van der Waals surface area (Å²) in [7, 11) is 1.07. The van der Waals surface area contributed by atoms with E-state index in [1.54, 1.807) is 0 Å². The average molecular weight is 245 g/mol. The van der Waals surface area contributed by atoms with E-state index in [0.29, 0.717) is 23.8 Å². The quantitative estimate of drug-likeness (QED) is 0.538. The number of hydrogen-bond acceptors (Lipinski definition) is 3. The Morgan fingerprint density at radius 2 is 1.38 bits per heavy atom. The summed E-state index contributed by atoms with van der Waals surface area (Å²) in [5.74, 6) is 0. The van der Waals surface area contributed by atoms with Crippen LogP contribution in [0.15, 0.2) is 0 Å². The van der Waals surface area contributed by atoms with Crippen LogP contribution in [-0.4, -0.2) is 39.9 Å². The van der Waals surface area contributed by atoms with Crippen LogP contribution in [0.5, 0.6) is 0 Å². The average Bonchev–Trinajstić information content (AvgIpc) is 1.97. The number of nitrogens with zero attached hydrogens (tertiary/aromatic N) is 1. The highest BCUT2D eigenvalue weighted by molar-refractivity contribution is 6.04. The van der Waals surface area contributed by atoms with E-state index in [-0.39, 0.29) is 0 Å². The largest absolute Gasteiger partial charge is 0.306 e. The molecule has 0 bridgehead atoms. The third-order valence-corrected chi connectivity index (χ3v) is 2.98. The van der Waals surface area contributed by atoms with Crippen LogP contribution >= 0.6 is 0 Å². The summed E-state index contributed by atoms with van der Waals surface area (Å²) in [6.07, 6.45) is 0.311. The predicted molar refractivity (Wildman–Crippen MR) is 76.4 cm³/mol. The molecule has 98 valence electrons. The fraction of sp³-hybridized carbons (Fsp3) is 1.00. The molecule has 16 heavy (non-hydrogen) atoms. The van der Waals surface area contributed by atoms with E-state index >= 15 is 0 Å². The molecule has 0 saturated carbocycles. The fourth-order valence-electron chi connectivity index (χ4n) is 1.77. The zero-order valence-corrected chi connectivity index (χ0v) is 14.4. The summed E-state index contributed by atoms with van der Waals surface area (Å²) >= 11 is 0. The molecule has 0 aliphatic rings. The minimum Gasteiger partial charge on any atom is -0.306 e. The van der Waals surface area contributed by atoms with Crippen molar-refractivity contribution in [3.05, 3.63) is 0 Å². The summed E-state index contributed by atoms with van der Waals surface area (Å²) in [6.45, 7) is 16.8. The number of hydrogen-bond donors (Lipinski definition) is 2. The van der Waals surface area contributed by atoms with Crippen molar-refractivity contribution in [1.82, 2.24) is 15.2 Å². The first-order chi connectivity index (χ1) is 7.11. The van der Waals surface area contributed by atoms with Gasteiger partial charge >= 0.3 is 0 Å². The van der Waals surface area contributed by atoms with E-state index in [2.05, 4.69) is 63.7 Å². The molecule has 0 spiro atoms. The van der Waals surface area contributed by atoms with Gasteiger partial charge in [0.15, 0.2) is 0 Å². The van der Waals surface area contributed by atoms with Gasteiger partial charge in [0.05, 0.1) is 10.4 Å². The van der Waals surface area contributed by atoms with Crippen LogP contribution in [0.4, 0.5) is 0 Å². The van der Waals surface area contributed by atoms with Gasteiger partial charge in [-0.05, 0) is 39.7 Å². The molecule has 3 nitrogen and oxygen atoms in total. The molecule has 0 aromatic heterocycles. The summed E-state index contributed by atoms with van der Waals surface area (Å²) in [5.41, 5.74) is 0.358. The Bertz CT molecular complexity index is 177. The van der Waals surface area contributed by atoms with Gasteiger partial charge in [-0.2, -0.15) is 0 Å². The monoisotopic (exact) mass is 245 g/mol. The van der Waals surface area contributed by atoms with Gasteiger partial charge < -0.3 is 4.57 Å². The van der Waals surface area contributed by atoms with Crippen molar-refractivity contribution in [3.8, 4) is 0 Å².